The van der Waals surface area contributed by atoms with Crippen LogP contribution >= 0.6 is 0 Å². The van der Waals surface area contributed by atoms with Crippen LogP contribution in [0.4, 0.5) is 24.5 Å². The molecule has 9 nitrogen and oxygen atoms in total. The van der Waals surface area contributed by atoms with Gasteiger partial charge in [0, 0.05) is 0 Å². The van der Waals surface area contributed by atoms with Crippen LogP contribution in [0.1, 0.15) is 30.0 Å². The second kappa shape index (κ2) is 5.94. The summed E-state index contributed by atoms with van der Waals surface area (Å²) >= 11 is 0. The molecule has 0 aromatic carbocycles. The first kappa shape index (κ1) is 17.4. The summed E-state index contributed by atoms with van der Waals surface area (Å²) in [7, 11) is 0. The molecule has 1 atom stereocenters. The number of aromatic nitrogens is 4. The number of rotatable bonds is 4. The topological polar surface area (TPSA) is 119 Å². The molecular formula is C12H13F3N6O3. The molecule has 0 aliphatic carbocycles. The van der Waals surface area contributed by atoms with Crippen LogP contribution in [0.25, 0.3) is 0 Å². The lowest BCUT2D eigenvalue weighted by atomic mass is 10.2. The number of anilines is 1. The summed E-state index contributed by atoms with van der Waals surface area (Å²) in [5, 5.41) is 22.1. The van der Waals surface area contributed by atoms with Gasteiger partial charge in [-0.3, -0.25) is 24.7 Å². The number of aryl methyl sites for hydroxylation is 2. The van der Waals surface area contributed by atoms with Crippen molar-refractivity contribution in [3.8, 4) is 0 Å². The third kappa shape index (κ3) is 3.21. The van der Waals surface area contributed by atoms with E-state index in [0.717, 1.165) is 10.9 Å². The average molecular weight is 346 g/mol. The Hall–Kier alpha value is -2.92. The number of carbonyl (C=O) groups is 1. The molecule has 2 aromatic rings. The fraction of sp³-hybridized carbons (Fsp3) is 0.417. The van der Waals surface area contributed by atoms with Crippen molar-refractivity contribution in [1.82, 2.24) is 20.0 Å². The molecule has 0 fully saturated rings. The van der Waals surface area contributed by atoms with E-state index < -0.39 is 34.4 Å². The quantitative estimate of drug-likeness (QED) is 0.650. The number of carbonyl (C=O) groups excluding carboxylic acids is 1. The lowest BCUT2D eigenvalue weighted by Crippen LogP contribution is -2.25. The van der Waals surface area contributed by atoms with E-state index in [1.165, 1.54) is 20.8 Å². The molecule has 0 spiro atoms. The first-order chi connectivity index (χ1) is 11.0. The Labute approximate surface area is 133 Å². The summed E-state index contributed by atoms with van der Waals surface area (Å²) in [4.78, 5) is 22.3. The van der Waals surface area contributed by atoms with Crippen molar-refractivity contribution in [2.75, 3.05) is 5.32 Å². The van der Waals surface area contributed by atoms with Crippen LogP contribution in [0.15, 0.2) is 6.20 Å². The van der Waals surface area contributed by atoms with Gasteiger partial charge in [-0.2, -0.15) is 23.4 Å². The molecule has 2 aromatic heterocycles. The maximum Gasteiger partial charge on any atom is 0.437 e. The van der Waals surface area contributed by atoms with Gasteiger partial charge in [-0.25, -0.2) is 0 Å². The van der Waals surface area contributed by atoms with Crippen molar-refractivity contribution in [1.29, 1.82) is 0 Å². The number of aromatic amines is 1. The largest absolute Gasteiger partial charge is 0.437 e. The number of hydrogen-bond donors (Lipinski definition) is 2. The van der Waals surface area contributed by atoms with Gasteiger partial charge >= 0.3 is 11.9 Å². The molecule has 2 heterocycles. The highest BCUT2D eigenvalue weighted by Gasteiger charge is 2.38. The number of alkyl halides is 3. The van der Waals surface area contributed by atoms with Crippen molar-refractivity contribution >= 4 is 17.3 Å². The van der Waals surface area contributed by atoms with Crippen molar-refractivity contribution in [3.63, 3.8) is 0 Å². The van der Waals surface area contributed by atoms with E-state index in [0.29, 0.717) is 0 Å². The zero-order valence-electron chi connectivity index (χ0n) is 12.8. The third-order valence-electron chi connectivity index (χ3n) is 3.33. The molecule has 0 radical (unpaired) electrons. The number of amides is 1. The second-order valence-corrected chi connectivity index (χ2v) is 5.07. The predicted molar refractivity (Wildman–Crippen MR) is 75.3 cm³/mol. The first-order valence-corrected chi connectivity index (χ1v) is 6.65. The Kier molecular flexibility index (Phi) is 4.32. The van der Waals surface area contributed by atoms with Crippen molar-refractivity contribution in [2.24, 2.45) is 0 Å². The summed E-state index contributed by atoms with van der Waals surface area (Å²) in [6.07, 6.45) is -3.69. The molecular weight excluding hydrogens is 333 g/mol. The molecule has 1 amide bonds. The highest BCUT2D eigenvalue weighted by atomic mass is 19.4. The normalized spacial score (nSPS) is 12.9. The number of hydrogen-bond acceptors (Lipinski definition) is 5. The SMILES string of the molecule is Cc1nn(C(C)C(=O)Nc2c(C(F)(F)F)n[nH]c2C)cc1[N+](=O)[O-]. The van der Waals surface area contributed by atoms with Gasteiger partial charge in [0.2, 0.25) is 5.91 Å². The molecule has 0 saturated carbocycles. The maximum absolute atomic E-state index is 12.9. The smallest absolute Gasteiger partial charge is 0.321 e. The van der Waals surface area contributed by atoms with E-state index >= 15 is 0 Å². The zero-order chi connectivity index (χ0) is 18.2. The third-order valence-corrected chi connectivity index (χ3v) is 3.33. The molecule has 12 heteroatoms. The van der Waals surface area contributed by atoms with Gasteiger partial charge < -0.3 is 5.32 Å². The van der Waals surface area contributed by atoms with E-state index in [4.69, 9.17) is 0 Å². The van der Waals surface area contributed by atoms with Gasteiger partial charge in [-0.05, 0) is 20.8 Å². The van der Waals surface area contributed by atoms with Crippen LogP contribution in [0, 0.1) is 24.0 Å². The van der Waals surface area contributed by atoms with Crippen LogP contribution in [-0.4, -0.2) is 30.8 Å². The minimum Gasteiger partial charge on any atom is -0.321 e. The monoisotopic (exact) mass is 346 g/mol. The zero-order valence-corrected chi connectivity index (χ0v) is 12.8. The van der Waals surface area contributed by atoms with Crippen LogP contribution in [-0.2, 0) is 11.0 Å². The van der Waals surface area contributed by atoms with E-state index in [-0.39, 0.29) is 17.1 Å². The summed E-state index contributed by atoms with van der Waals surface area (Å²) < 4.78 is 39.6. The second-order valence-electron chi connectivity index (χ2n) is 5.07. The van der Waals surface area contributed by atoms with Gasteiger partial charge in [-0.1, -0.05) is 0 Å². The van der Waals surface area contributed by atoms with Gasteiger partial charge in [0.05, 0.1) is 16.3 Å². The maximum atomic E-state index is 12.9. The summed E-state index contributed by atoms with van der Waals surface area (Å²) in [5.41, 5.74) is -1.90. The molecule has 130 valence electrons. The number of halogens is 3. The van der Waals surface area contributed by atoms with E-state index in [2.05, 4.69) is 20.6 Å². The fourth-order valence-electron chi connectivity index (χ4n) is 1.98. The van der Waals surface area contributed by atoms with E-state index in [9.17, 15) is 28.1 Å². The van der Waals surface area contributed by atoms with Crippen LogP contribution in [0.5, 0.6) is 0 Å². The Morgan fingerprint density at radius 2 is 2.08 bits per heavy atom. The molecule has 0 bridgehead atoms. The molecule has 0 saturated heterocycles. The molecule has 0 aliphatic rings. The molecule has 2 N–H and O–H groups in total. The van der Waals surface area contributed by atoms with Crippen LogP contribution in [0.3, 0.4) is 0 Å². The number of nitrogens with zero attached hydrogens (tertiary/aromatic N) is 4. The van der Waals surface area contributed by atoms with E-state index in [1.54, 1.807) is 0 Å². The Morgan fingerprint density at radius 3 is 2.58 bits per heavy atom. The lowest BCUT2D eigenvalue weighted by molar-refractivity contribution is -0.385. The molecule has 0 aliphatic heterocycles. The number of H-pyrrole nitrogens is 1. The molecule has 2 rings (SSSR count). The van der Waals surface area contributed by atoms with Crippen LogP contribution < -0.4 is 5.32 Å². The summed E-state index contributed by atoms with van der Waals surface area (Å²) in [6, 6.07) is -1.06. The van der Waals surface area contributed by atoms with Gasteiger partial charge in [0.15, 0.2) is 5.69 Å². The lowest BCUT2D eigenvalue weighted by Gasteiger charge is -2.13. The van der Waals surface area contributed by atoms with Gasteiger partial charge in [0.25, 0.3) is 0 Å². The predicted octanol–water partition coefficient (Wildman–Crippen LogP) is 2.35. The number of nitro groups is 1. The van der Waals surface area contributed by atoms with Crippen molar-refractivity contribution in [2.45, 2.75) is 33.0 Å². The number of nitrogens with one attached hydrogen (secondary N) is 2. The molecule has 1 unspecified atom stereocenters. The standard InChI is InChI=1S/C12H13F3N6O3/c1-5-8(21(23)24)4-20(19-5)7(3)11(22)16-9-6(2)17-18-10(9)12(13,14)15/h4,7H,1-3H3,(H,16,22)(H,17,18). The Balaban J connectivity index is 2.26. The van der Waals surface area contributed by atoms with Crippen molar-refractivity contribution < 1.29 is 22.9 Å². The minimum atomic E-state index is -4.74. The Morgan fingerprint density at radius 1 is 1.46 bits per heavy atom. The summed E-state index contributed by atoms with van der Waals surface area (Å²) in [5.74, 6) is -0.817. The van der Waals surface area contributed by atoms with Gasteiger partial charge in [0.1, 0.15) is 17.9 Å². The molecule has 24 heavy (non-hydrogen) atoms. The highest BCUT2D eigenvalue weighted by molar-refractivity contribution is 5.94. The van der Waals surface area contributed by atoms with Crippen molar-refractivity contribution in [3.05, 3.63) is 33.4 Å². The van der Waals surface area contributed by atoms with Gasteiger partial charge in [-0.15, -0.1) is 0 Å². The fourth-order valence-corrected chi connectivity index (χ4v) is 1.98. The van der Waals surface area contributed by atoms with E-state index in [1.807, 2.05) is 0 Å². The average Bonchev–Trinajstić information content (AvgIpc) is 3.01. The summed E-state index contributed by atoms with van der Waals surface area (Å²) in [6.45, 7) is 4.07. The first-order valence-electron chi connectivity index (χ1n) is 6.65. The minimum absolute atomic E-state index is 0.0329. The van der Waals surface area contributed by atoms with Crippen LogP contribution in [0.2, 0.25) is 0 Å². The highest BCUT2D eigenvalue weighted by Crippen LogP contribution is 2.35. The Bertz CT molecular complexity index is 795.